The summed E-state index contributed by atoms with van der Waals surface area (Å²) in [6, 6.07) is 5.60. The molecule has 0 aliphatic carbocycles. The van der Waals surface area contributed by atoms with Gasteiger partial charge in [-0.15, -0.1) is 0 Å². The lowest BCUT2D eigenvalue weighted by atomic mass is 10.1. The molecule has 0 aromatic heterocycles. The van der Waals surface area contributed by atoms with Crippen LogP contribution in [0, 0.1) is 0 Å². The smallest absolute Gasteiger partial charge is 0.416 e. The first-order valence-electron chi connectivity index (χ1n) is 8.35. The monoisotopic (exact) mass is 470 g/mol. The van der Waals surface area contributed by atoms with Crippen molar-refractivity contribution in [3.05, 3.63) is 53.6 Å². The van der Waals surface area contributed by atoms with Crippen LogP contribution in [0.4, 0.5) is 32.0 Å². The maximum Gasteiger partial charge on any atom is 0.416 e. The third-order valence-electron chi connectivity index (χ3n) is 3.84. The van der Waals surface area contributed by atoms with E-state index in [2.05, 4.69) is 0 Å². The Hall–Kier alpha value is -2.80. The van der Waals surface area contributed by atoms with Crippen LogP contribution in [-0.2, 0) is 27.2 Å². The van der Waals surface area contributed by atoms with Crippen molar-refractivity contribution in [3.8, 4) is 5.75 Å². The standard InChI is InChI=1S/C18H16F6N2O4S/c1-26(2)31(28,29)15-5-3-14(4-6-15)30-10-16(27)25-13-8-11(17(19,20)21)7-12(9-13)18(22,23)24/h3-9H,10H2,1-2H3,(H,25,27). The average Bonchev–Trinajstić information content (AvgIpc) is 2.65. The van der Waals surface area contributed by atoms with Gasteiger partial charge in [-0.05, 0) is 42.5 Å². The van der Waals surface area contributed by atoms with Crippen molar-refractivity contribution in [3.63, 3.8) is 0 Å². The summed E-state index contributed by atoms with van der Waals surface area (Å²) in [5, 5.41) is 1.92. The molecule has 0 fully saturated rings. The molecule has 0 saturated heterocycles. The van der Waals surface area contributed by atoms with Crippen molar-refractivity contribution in [2.24, 2.45) is 0 Å². The summed E-state index contributed by atoms with van der Waals surface area (Å²) in [7, 11) is -1.01. The molecule has 0 heterocycles. The van der Waals surface area contributed by atoms with E-state index >= 15 is 0 Å². The third kappa shape index (κ3) is 6.34. The highest BCUT2D eigenvalue weighted by atomic mass is 32.2. The highest BCUT2D eigenvalue weighted by Gasteiger charge is 2.37. The molecule has 170 valence electrons. The summed E-state index contributed by atoms with van der Waals surface area (Å²) in [6.07, 6.45) is -10.1. The second-order valence-electron chi connectivity index (χ2n) is 6.39. The van der Waals surface area contributed by atoms with E-state index in [1.54, 1.807) is 0 Å². The Morgan fingerprint density at radius 1 is 0.935 bits per heavy atom. The van der Waals surface area contributed by atoms with Crippen LogP contribution in [0.2, 0.25) is 0 Å². The van der Waals surface area contributed by atoms with Crippen LogP contribution in [0.3, 0.4) is 0 Å². The topological polar surface area (TPSA) is 75.7 Å². The van der Waals surface area contributed by atoms with Crippen LogP contribution in [0.5, 0.6) is 5.75 Å². The molecule has 13 heteroatoms. The third-order valence-corrected chi connectivity index (χ3v) is 5.67. The van der Waals surface area contributed by atoms with Gasteiger partial charge in [0.2, 0.25) is 10.0 Å². The van der Waals surface area contributed by atoms with E-state index < -0.39 is 51.7 Å². The fourth-order valence-corrected chi connectivity index (χ4v) is 3.19. The molecule has 0 bridgehead atoms. The summed E-state index contributed by atoms with van der Waals surface area (Å²) in [4.78, 5) is 11.9. The number of nitrogens with one attached hydrogen (secondary N) is 1. The van der Waals surface area contributed by atoms with Crippen LogP contribution < -0.4 is 10.1 Å². The number of benzene rings is 2. The molecule has 0 unspecified atom stereocenters. The van der Waals surface area contributed by atoms with E-state index in [-0.39, 0.29) is 16.7 Å². The van der Waals surface area contributed by atoms with E-state index in [9.17, 15) is 39.6 Å². The second kappa shape index (κ2) is 8.75. The van der Waals surface area contributed by atoms with Crippen LogP contribution in [0.1, 0.15) is 11.1 Å². The Morgan fingerprint density at radius 3 is 1.84 bits per heavy atom. The maximum absolute atomic E-state index is 12.9. The normalized spacial score (nSPS) is 12.7. The molecule has 6 nitrogen and oxygen atoms in total. The fraction of sp³-hybridized carbons (Fsp3) is 0.278. The molecule has 1 amide bonds. The SMILES string of the molecule is CN(C)S(=O)(=O)c1ccc(OCC(=O)Nc2cc(C(F)(F)F)cc(C(F)(F)F)c2)cc1. The van der Waals surface area contributed by atoms with E-state index in [4.69, 9.17) is 4.74 Å². The quantitative estimate of drug-likeness (QED) is 0.648. The number of amides is 1. The molecule has 1 N–H and O–H groups in total. The largest absolute Gasteiger partial charge is 0.484 e. The van der Waals surface area contributed by atoms with Crippen LogP contribution >= 0.6 is 0 Å². The predicted octanol–water partition coefficient (Wildman–Crippen LogP) is 3.99. The van der Waals surface area contributed by atoms with Crippen LogP contribution in [-0.4, -0.2) is 39.3 Å². The molecule has 0 spiro atoms. The first kappa shape index (κ1) is 24.5. The summed E-state index contributed by atoms with van der Waals surface area (Å²) in [5.74, 6) is -0.953. The van der Waals surface area contributed by atoms with Crippen molar-refractivity contribution in [1.82, 2.24) is 4.31 Å². The molecule has 0 aliphatic heterocycles. The van der Waals surface area contributed by atoms with Gasteiger partial charge in [-0.3, -0.25) is 4.79 Å². The molecular formula is C18H16F6N2O4S. The number of ether oxygens (including phenoxy) is 1. The number of alkyl halides is 6. The number of rotatable bonds is 6. The fourth-order valence-electron chi connectivity index (χ4n) is 2.29. The summed E-state index contributed by atoms with van der Waals surface area (Å²) in [5.41, 5.74) is -3.85. The highest BCUT2D eigenvalue weighted by molar-refractivity contribution is 7.89. The van der Waals surface area contributed by atoms with Gasteiger partial charge in [0.05, 0.1) is 16.0 Å². The van der Waals surface area contributed by atoms with Gasteiger partial charge in [0.25, 0.3) is 5.91 Å². The van der Waals surface area contributed by atoms with Gasteiger partial charge < -0.3 is 10.1 Å². The zero-order chi connectivity index (χ0) is 23.6. The number of sulfonamides is 1. The Morgan fingerprint density at radius 2 is 1.42 bits per heavy atom. The van der Waals surface area contributed by atoms with Crippen LogP contribution in [0.25, 0.3) is 0 Å². The minimum atomic E-state index is -5.05. The van der Waals surface area contributed by atoms with Gasteiger partial charge in [0, 0.05) is 19.8 Å². The Balaban J connectivity index is 2.11. The number of nitrogens with zero attached hydrogens (tertiary/aromatic N) is 1. The number of halogens is 6. The van der Waals surface area contributed by atoms with Crippen molar-refractivity contribution in [2.75, 3.05) is 26.0 Å². The van der Waals surface area contributed by atoms with Gasteiger partial charge in [-0.25, -0.2) is 12.7 Å². The predicted molar refractivity (Wildman–Crippen MR) is 97.9 cm³/mol. The first-order chi connectivity index (χ1) is 14.1. The van der Waals surface area contributed by atoms with Crippen molar-refractivity contribution < 1.29 is 44.3 Å². The Labute approximate surface area is 173 Å². The molecule has 0 atom stereocenters. The van der Waals surface area contributed by atoms with Crippen molar-refractivity contribution >= 4 is 21.6 Å². The van der Waals surface area contributed by atoms with Crippen molar-refractivity contribution in [2.45, 2.75) is 17.2 Å². The molecule has 2 rings (SSSR count). The van der Waals surface area contributed by atoms with Gasteiger partial charge >= 0.3 is 12.4 Å². The summed E-state index contributed by atoms with van der Waals surface area (Å²) in [6.45, 7) is -0.739. The molecule has 0 radical (unpaired) electrons. The molecule has 31 heavy (non-hydrogen) atoms. The molecule has 2 aromatic carbocycles. The number of hydrogen-bond donors (Lipinski definition) is 1. The zero-order valence-electron chi connectivity index (χ0n) is 16.0. The maximum atomic E-state index is 12.9. The van der Waals surface area contributed by atoms with E-state index in [0.29, 0.717) is 12.1 Å². The van der Waals surface area contributed by atoms with Gasteiger partial charge in [0.15, 0.2) is 6.61 Å². The van der Waals surface area contributed by atoms with Gasteiger partial charge in [0.1, 0.15) is 5.75 Å². The Kier molecular flexibility index (Phi) is 6.90. The van der Waals surface area contributed by atoms with E-state index in [1.165, 1.54) is 38.4 Å². The highest BCUT2D eigenvalue weighted by Crippen LogP contribution is 2.37. The van der Waals surface area contributed by atoms with Crippen LogP contribution in [0.15, 0.2) is 47.4 Å². The number of hydrogen-bond acceptors (Lipinski definition) is 4. The zero-order valence-corrected chi connectivity index (χ0v) is 16.8. The van der Waals surface area contributed by atoms with E-state index in [0.717, 1.165) is 4.31 Å². The lowest BCUT2D eigenvalue weighted by molar-refractivity contribution is -0.143. The number of carbonyl (C=O) groups excluding carboxylic acids is 1. The van der Waals surface area contributed by atoms with Gasteiger partial charge in [-0.2, -0.15) is 26.3 Å². The van der Waals surface area contributed by atoms with E-state index in [1.807, 2.05) is 5.32 Å². The molecule has 0 aliphatic rings. The van der Waals surface area contributed by atoms with Gasteiger partial charge in [-0.1, -0.05) is 0 Å². The molecule has 2 aromatic rings. The number of anilines is 1. The van der Waals surface area contributed by atoms with Crippen molar-refractivity contribution in [1.29, 1.82) is 0 Å². The minimum Gasteiger partial charge on any atom is -0.484 e. The summed E-state index contributed by atoms with van der Waals surface area (Å²) >= 11 is 0. The number of carbonyl (C=O) groups is 1. The molecular weight excluding hydrogens is 454 g/mol. The summed E-state index contributed by atoms with van der Waals surface area (Å²) < 4.78 is 107. The Bertz CT molecular complexity index is 1020. The minimum absolute atomic E-state index is 0.0436. The lowest BCUT2D eigenvalue weighted by Crippen LogP contribution is -2.22. The second-order valence-corrected chi connectivity index (χ2v) is 8.54. The molecule has 0 saturated carbocycles. The lowest BCUT2D eigenvalue weighted by Gasteiger charge is -2.15. The first-order valence-corrected chi connectivity index (χ1v) is 9.79. The average molecular weight is 470 g/mol.